The summed E-state index contributed by atoms with van der Waals surface area (Å²) >= 11 is 0. The minimum atomic E-state index is -0.397. The van der Waals surface area contributed by atoms with E-state index in [1.807, 2.05) is 12.1 Å². The number of nitrogens with zero attached hydrogens (tertiary/aromatic N) is 4. The summed E-state index contributed by atoms with van der Waals surface area (Å²) < 4.78 is 26.0. The van der Waals surface area contributed by atoms with Crippen LogP contribution in [0.5, 0.6) is 0 Å². The molecule has 1 saturated heterocycles. The standard InChI is InChI=1S/C20H16FN5O3/c21-13-1-2-15-18(9-13)29-20(23-15)24-16-10-28-11-17(16)26-19(27)4-3-14(25-26)12-5-7-22-8-6-12/h1-9,16-17H,10-11H2,(H,23,24). The molecule has 0 amide bonds. The van der Waals surface area contributed by atoms with Crippen molar-refractivity contribution in [2.45, 2.75) is 12.1 Å². The van der Waals surface area contributed by atoms with E-state index in [1.165, 1.54) is 22.9 Å². The van der Waals surface area contributed by atoms with E-state index in [-0.39, 0.29) is 23.7 Å². The van der Waals surface area contributed by atoms with Crippen molar-refractivity contribution in [2.24, 2.45) is 0 Å². The molecule has 0 aliphatic carbocycles. The first kappa shape index (κ1) is 17.5. The maximum atomic E-state index is 13.4. The van der Waals surface area contributed by atoms with Crippen LogP contribution in [-0.4, -0.2) is 39.0 Å². The predicted octanol–water partition coefficient (Wildman–Crippen LogP) is 2.64. The van der Waals surface area contributed by atoms with Crippen LogP contribution in [0.25, 0.3) is 22.4 Å². The first-order chi connectivity index (χ1) is 14.2. The topological polar surface area (TPSA) is 95.1 Å². The summed E-state index contributed by atoms with van der Waals surface area (Å²) in [7, 11) is 0. The van der Waals surface area contributed by atoms with Gasteiger partial charge in [-0.1, -0.05) is 0 Å². The van der Waals surface area contributed by atoms with Crippen LogP contribution in [0.15, 0.2) is 64.1 Å². The lowest BCUT2D eigenvalue weighted by Crippen LogP contribution is -2.37. The number of rotatable bonds is 4. The van der Waals surface area contributed by atoms with Gasteiger partial charge in [0.1, 0.15) is 17.4 Å². The van der Waals surface area contributed by atoms with E-state index in [4.69, 9.17) is 9.15 Å². The maximum absolute atomic E-state index is 13.4. The van der Waals surface area contributed by atoms with Gasteiger partial charge < -0.3 is 14.5 Å². The molecule has 5 rings (SSSR count). The van der Waals surface area contributed by atoms with Crippen LogP contribution < -0.4 is 10.9 Å². The van der Waals surface area contributed by atoms with Gasteiger partial charge in [-0.3, -0.25) is 9.78 Å². The number of hydrogen-bond donors (Lipinski definition) is 1. The van der Waals surface area contributed by atoms with Crippen molar-refractivity contribution in [3.05, 3.63) is 71.0 Å². The largest absolute Gasteiger partial charge is 0.423 e. The third-order valence-corrected chi connectivity index (χ3v) is 4.83. The highest BCUT2D eigenvalue weighted by Crippen LogP contribution is 2.25. The Labute approximate surface area is 164 Å². The third kappa shape index (κ3) is 3.36. The Kier molecular flexibility index (Phi) is 4.28. The highest BCUT2D eigenvalue weighted by Gasteiger charge is 2.32. The lowest BCUT2D eigenvalue weighted by Gasteiger charge is -2.19. The fraction of sp³-hybridized carbons (Fsp3) is 0.200. The van der Waals surface area contributed by atoms with E-state index >= 15 is 0 Å². The van der Waals surface area contributed by atoms with Crippen LogP contribution in [0.2, 0.25) is 0 Å². The number of oxazole rings is 1. The number of aromatic nitrogens is 4. The summed E-state index contributed by atoms with van der Waals surface area (Å²) in [6, 6.07) is 10.6. The number of nitrogens with one attached hydrogen (secondary N) is 1. The lowest BCUT2D eigenvalue weighted by molar-refractivity contribution is 0.182. The van der Waals surface area contributed by atoms with Crippen LogP contribution >= 0.6 is 0 Å². The summed E-state index contributed by atoms with van der Waals surface area (Å²) in [5, 5.41) is 7.68. The summed E-state index contributed by atoms with van der Waals surface area (Å²) in [5.41, 5.74) is 2.18. The van der Waals surface area contributed by atoms with E-state index in [0.29, 0.717) is 30.0 Å². The Balaban J connectivity index is 1.45. The molecule has 8 nitrogen and oxygen atoms in total. The molecule has 4 aromatic rings. The number of halogens is 1. The number of fused-ring (bicyclic) bond motifs is 1. The Bertz CT molecular complexity index is 1220. The fourth-order valence-corrected chi connectivity index (χ4v) is 3.38. The van der Waals surface area contributed by atoms with Crippen LogP contribution in [0.1, 0.15) is 6.04 Å². The molecule has 2 unspecified atom stereocenters. The smallest absolute Gasteiger partial charge is 0.296 e. The Morgan fingerprint density at radius 3 is 2.83 bits per heavy atom. The summed E-state index contributed by atoms with van der Waals surface area (Å²) in [4.78, 5) is 20.8. The van der Waals surface area contributed by atoms with Crippen molar-refractivity contribution in [1.29, 1.82) is 0 Å². The van der Waals surface area contributed by atoms with E-state index in [9.17, 15) is 9.18 Å². The van der Waals surface area contributed by atoms with Crippen molar-refractivity contribution in [2.75, 3.05) is 18.5 Å². The zero-order valence-corrected chi connectivity index (χ0v) is 15.2. The Hall–Kier alpha value is -3.59. The van der Waals surface area contributed by atoms with Crippen molar-refractivity contribution < 1.29 is 13.5 Å². The molecule has 1 aromatic carbocycles. The van der Waals surface area contributed by atoms with Gasteiger partial charge in [0.15, 0.2) is 5.58 Å². The molecule has 1 aliphatic rings. The minimum Gasteiger partial charge on any atom is -0.423 e. The van der Waals surface area contributed by atoms with Crippen molar-refractivity contribution in [3.8, 4) is 11.3 Å². The molecule has 0 saturated carbocycles. The monoisotopic (exact) mass is 393 g/mol. The second kappa shape index (κ2) is 7.10. The van der Waals surface area contributed by atoms with Crippen LogP contribution in [-0.2, 0) is 4.74 Å². The first-order valence-corrected chi connectivity index (χ1v) is 9.08. The molecule has 9 heteroatoms. The van der Waals surface area contributed by atoms with Crippen molar-refractivity contribution in [3.63, 3.8) is 0 Å². The summed E-state index contributed by atoms with van der Waals surface area (Å²) in [6.07, 6.45) is 3.34. The fourth-order valence-electron chi connectivity index (χ4n) is 3.38. The SMILES string of the molecule is O=c1ccc(-c2ccncc2)nn1C1COCC1Nc1nc2ccc(F)cc2o1. The molecule has 2 atom stereocenters. The van der Waals surface area contributed by atoms with Gasteiger partial charge in [0.25, 0.3) is 11.6 Å². The second-order valence-corrected chi connectivity index (χ2v) is 6.72. The highest BCUT2D eigenvalue weighted by atomic mass is 19.1. The average Bonchev–Trinajstić information content (AvgIpc) is 3.35. The van der Waals surface area contributed by atoms with Gasteiger partial charge >= 0.3 is 0 Å². The zero-order valence-electron chi connectivity index (χ0n) is 15.2. The van der Waals surface area contributed by atoms with Crippen molar-refractivity contribution in [1.82, 2.24) is 19.7 Å². The molecule has 1 N–H and O–H groups in total. The van der Waals surface area contributed by atoms with Crippen molar-refractivity contribution >= 4 is 17.1 Å². The highest BCUT2D eigenvalue weighted by molar-refractivity contribution is 5.74. The number of ether oxygens (including phenoxy) is 1. The first-order valence-electron chi connectivity index (χ1n) is 9.08. The molecular weight excluding hydrogens is 377 g/mol. The number of pyridine rings is 1. The normalized spacial score (nSPS) is 18.9. The molecule has 1 aliphatic heterocycles. The average molecular weight is 393 g/mol. The molecular formula is C20H16FN5O3. The quantitative estimate of drug-likeness (QED) is 0.569. The molecule has 4 heterocycles. The third-order valence-electron chi connectivity index (χ3n) is 4.83. The number of benzene rings is 1. The molecule has 0 radical (unpaired) electrons. The Morgan fingerprint density at radius 2 is 1.97 bits per heavy atom. The summed E-state index contributed by atoms with van der Waals surface area (Å²) in [6.45, 7) is 0.671. The van der Waals surface area contributed by atoms with Crippen LogP contribution in [0.3, 0.4) is 0 Å². The number of anilines is 1. The van der Waals surface area contributed by atoms with Crippen LogP contribution in [0, 0.1) is 5.82 Å². The molecule has 3 aromatic heterocycles. The minimum absolute atomic E-state index is 0.232. The lowest BCUT2D eigenvalue weighted by atomic mass is 10.1. The van der Waals surface area contributed by atoms with E-state index in [2.05, 4.69) is 20.4 Å². The maximum Gasteiger partial charge on any atom is 0.296 e. The number of hydrogen-bond acceptors (Lipinski definition) is 7. The van der Waals surface area contributed by atoms with Gasteiger partial charge in [-0.05, 0) is 30.3 Å². The van der Waals surface area contributed by atoms with Crippen LogP contribution in [0.4, 0.5) is 10.4 Å². The van der Waals surface area contributed by atoms with E-state index in [1.54, 1.807) is 24.5 Å². The summed E-state index contributed by atoms with van der Waals surface area (Å²) in [5.74, 6) is -0.397. The van der Waals surface area contributed by atoms with Gasteiger partial charge in [-0.25, -0.2) is 9.07 Å². The molecule has 0 spiro atoms. The molecule has 146 valence electrons. The molecule has 29 heavy (non-hydrogen) atoms. The zero-order chi connectivity index (χ0) is 19.8. The van der Waals surface area contributed by atoms with Gasteiger partial charge in [-0.15, -0.1) is 0 Å². The van der Waals surface area contributed by atoms with Gasteiger partial charge in [0.2, 0.25) is 0 Å². The molecule has 1 fully saturated rings. The second-order valence-electron chi connectivity index (χ2n) is 6.72. The van der Waals surface area contributed by atoms with E-state index < -0.39 is 5.82 Å². The van der Waals surface area contributed by atoms with Gasteiger partial charge in [0, 0.05) is 30.1 Å². The van der Waals surface area contributed by atoms with Gasteiger partial charge in [-0.2, -0.15) is 10.1 Å². The van der Waals surface area contributed by atoms with Gasteiger partial charge in [0.05, 0.1) is 24.9 Å². The predicted molar refractivity (Wildman–Crippen MR) is 103 cm³/mol. The van der Waals surface area contributed by atoms with E-state index in [0.717, 1.165) is 5.56 Å². The Morgan fingerprint density at radius 1 is 1.10 bits per heavy atom. The molecule has 0 bridgehead atoms.